The van der Waals surface area contributed by atoms with Crippen LogP contribution in [0.25, 0.3) is 0 Å². The maximum atomic E-state index is 14.5. The Kier molecular flexibility index (Phi) is 6.48. The first-order valence-corrected chi connectivity index (χ1v) is 9.45. The van der Waals surface area contributed by atoms with Gasteiger partial charge in [0.15, 0.2) is 0 Å². The number of alkyl halides is 4. The van der Waals surface area contributed by atoms with Crippen LogP contribution in [-0.2, 0) is 18.3 Å². The summed E-state index contributed by atoms with van der Waals surface area (Å²) in [5, 5.41) is 3.36. The Morgan fingerprint density at radius 3 is 2.32 bits per heavy atom. The predicted molar refractivity (Wildman–Crippen MR) is 103 cm³/mol. The standard InChI is InChI=1S/C19H21F4N3OS/c1-18(2,20)12-6-11(8-17(24)26-25)7-13(9-12)27-16-5-4-14(28-3)10-15(16)19(21,22)23/h4-7,9-10H,8,25H2,1-3H3,(H2,24,26). The molecule has 0 saturated heterocycles. The summed E-state index contributed by atoms with van der Waals surface area (Å²) in [7, 11) is 0. The first kappa shape index (κ1) is 21.9. The minimum Gasteiger partial charge on any atom is -0.457 e. The van der Waals surface area contributed by atoms with Gasteiger partial charge in [-0.1, -0.05) is 6.07 Å². The summed E-state index contributed by atoms with van der Waals surface area (Å²) < 4.78 is 60.3. The number of nitrogens with two attached hydrogens (primary N) is 2. The van der Waals surface area contributed by atoms with Crippen molar-refractivity contribution >= 4 is 17.6 Å². The summed E-state index contributed by atoms with van der Waals surface area (Å²) in [6.45, 7) is 2.68. The molecular formula is C19H21F4N3OS. The zero-order valence-corrected chi connectivity index (χ0v) is 16.4. The minimum atomic E-state index is -4.60. The number of hydrogen-bond acceptors (Lipinski definition) is 4. The second-order valence-corrected chi connectivity index (χ2v) is 7.48. The highest BCUT2D eigenvalue weighted by Crippen LogP contribution is 2.41. The number of hydrazone groups is 1. The lowest BCUT2D eigenvalue weighted by Crippen LogP contribution is -2.18. The zero-order chi connectivity index (χ0) is 21.1. The third-order valence-electron chi connectivity index (χ3n) is 3.92. The summed E-state index contributed by atoms with van der Waals surface area (Å²) in [5.41, 5.74) is 3.72. The van der Waals surface area contributed by atoms with Crippen LogP contribution in [-0.4, -0.2) is 12.1 Å². The molecule has 0 aliphatic heterocycles. The van der Waals surface area contributed by atoms with Crippen LogP contribution in [0, 0.1) is 0 Å². The Labute approximate surface area is 164 Å². The van der Waals surface area contributed by atoms with Crippen molar-refractivity contribution in [1.82, 2.24) is 0 Å². The fourth-order valence-electron chi connectivity index (χ4n) is 2.49. The van der Waals surface area contributed by atoms with Gasteiger partial charge in [-0.3, -0.25) is 0 Å². The number of amidine groups is 1. The van der Waals surface area contributed by atoms with Gasteiger partial charge in [0.2, 0.25) is 0 Å². The molecule has 0 radical (unpaired) electrons. The van der Waals surface area contributed by atoms with E-state index in [1.54, 1.807) is 12.3 Å². The summed E-state index contributed by atoms with van der Waals surface area (Å²) in [5.74, 6) is 4.92. The highest BCUT2D eigenvalue weighted by molar-refractivity contribution is 7.98. The van der Waals surface area contributed by atoms with Gasteiger partial charge in [0.1, 0.15) is 23.0 Å². The molecule has 0 aliphatic carbocycles. The smallest absolute Gasteiger partial charge is 0.420 e. The molecule has 0 aliphatic rings. The van der Waals surface area contributed by atoms with E-state index in [9.17, 15) is 17.6 Å². The van der Waals surface area contributed by atoms with Crippen molar-refractivity contribution in [1.29, 1.82) is 0 Å². The van der Waals surface area contributed by atoms with Gasteiger partial charge in [-0.25, -0.2) is 4.39 Å². The normalized spacial score (nSPS) is 12.9. The molecule has 0 bridgehead atoms. The van der Waals surface area contributed by atoms with Crippen molar-refractivity contribution in [3.8, 4) is 11.5 Å². The topological polar surface area (TPSA) is 73.6 Å². The third-order valence-corrected chi connectivity index (χ3v) is 4.65. The Morgan fingerprint density at radius 2 is 1.79 bits per heavy atom. The van der Waals surface area contributed by atoms with Crippen LogP contribution < -0.4 is 16.3 Å². The Morgan fingerprint density at radius 1 is 1.11 bits per heavy atom. The van der Waals surface area contributed by atoms with E-state index in [1.165, 1.54) is 49.9 Å². The van der Waals surface area contributed by atoms with E-state index in [4.69, 9.17) is 16.3 Å². The number of ether oxygens (including phenoxy) is 1. The average molecular weight is 415 g/mol. The SMILES string of the molecule is CSc1ccc(Oc2cc(C/C(N)=N/N)cc(C(C)(C)F)c2)c(C(F)(F)F)c1. The molecule has 0 heterocycles. The van der Waals surface area contributed by atoms with Gasteiger partial charge in [0, 0.05) is 11.3 Å². The molecule has 0 aromatic heterocycles. The maximum absolute atomic E-state index is 14.5. The summed E-state index contributed by atoms with van der Waals surface area (Å²) in [4.78, 5) is 0.450. The molecule has 2 aromatic carbocycles. The van der Waals surface area contributed by atoms with Gasteiger partial charge in [0.05, 0.1) is 5.56 Å². The van der Waals surface area contributed by atoms with E-state index >= 15 is 0 Å². The van der Waals surface area contributed by atoms with Crippen molar-refractivity contribution in [3.05, 3.63) is 53.1 Å². The van der Waals surface area contributed by atoms with Gasteiger partial charge >= 0.3 is 6.18 Å². The lowest BCUT2D eigenvalue weighted by molar-refractivity contribution is -0.138. The number of halogens is 4. The molecule has 9 heteroatoms. The lowest BCUT2D eigenvalue weighted by atomic mass is 9.96. The molecule has 0 saturated carbocycles. The summed E-state index contributed by atoms with van der Waals surface area (Å²) in [6.07, 6.45) is -2.82. The molecule has 0 fully saturated rings. The van der Waals surface area contributed by atoms with E-state index in [0.717, 1.165) is 6.07 Å². The number of rotatable bonds is 6. The summed E-state index contributed by atoms with van der Waals surface area (Å²) >= 11 is 1.19. The van der Waals surface area contributed by atoms with E-state index in [1.807, 2.05) is 0 Å². The number of hydrogen-bond donors (Lipinski definition) is 2. The van der Waals surface area contributed by atoms with Crippen molar-refractivity contribution < 1.29 is 22.3 Å². The molecule has 4 N–H and O–H groups in total. The van der Waals surface area contributed by atoms with Crippen LogP contribution in [0.5, 0.6) is 11.5 Å². The first-order chi connectivity index (χ1) is 12.9. The minimum absolute atomic E-state index is 0.0606. The largest absolute Gasteiger partial charge is 0.457 e. The predicted octanol–water partition coefficient (Wildman–Crippen LogP) is 5.20. The monoisotopic (exact) mass is 415 g/mol. The van der Waals surface area contributed by atoms with Gasteiger partial charge in [0.25, 0.3) is 0 Å². The molecule has 28 heavy (non-hydrogen) atoms. The van der Waals surface area contributed by atoms with E-state index < -0.39 is 17.4 Å². The highest BCUT2D eigenvalue weighted by atomic mass is 32.2. The van der Waals surface area contributed by atoms with Crippen molar-refractivity contribution in [2.24, 2.45) is 16.7 Å². The van der Waals surface area contributed by atoms with Crippen LogP contribution >= 0.6 is 11.8 Å². The van der Waals surface area contributed by atoms with Gasteiger partial charge in [-0.2, -0.15) is 18.3 Å². The first-order valence-electron chi connectivity index (χ1n) is 8.22. The second kappa shape index (κ2) is 8.30. The Bertz CT molecular complexity index is 876. The molecule has 2 aromatic rings. The van der Waals surface area contributed by atoms with E-state index in [2.05, 4.69) is 5.10 Å². The average Bonchev–Trinajstić information content (AvgIpc) is 2.60. The maximum Gasteiger partial charge on any atom is 0.420 e. The second-order valence-electron chi connectivity index (χ2n) is 6.60. The quantitative estimate of drug-likeness (QED) is 0.170. The number of thioether (sulfide) groups is 1. The van der Waals surface area contributed by atoms with Gasteiger partial charge in [-0.15, -0.1) is 11.8 Å². The third kappa shape index (κ3) is 5.54. The van der Waals surface area contributed by atoms with Crippen LogP contribution in [0.4, 0.5) is 17.6 Å². The molecule has 4 nitrogen and oxygen atoms in total. The molecule has 0 unspecified atom stereocenters. The van der Waals surface area contributed by atoms with Crippen LogP contribution in [0.1, 0.15) is 30.5 Å². The van der Waals surface area contributed by atoms with Crippen LogP contribution in [0.2, 0.25) is 0 Å². The Hall–Kier alpha value is -2.42. The van der Waals surface area contributed by atoms with Crippen molar-refractivity contribution in [2.75, 3.05) is 6.26 Å². The number of nitrogens with zero attached hydrogens (tertiary/aromatic N) is 1. The van der Waals surface area contributed by atoms with Crippen molar-refractivity contribution in [2.45, 2.75) is 37.0 Å². The highest BCUT2D eigenvalue weighted by Gasteiger charge is 2.35. The van der Waals surface area contributed by atoms with Crippen molar-refractivity contribution in [3.63, 3.8) is 0 Å². The molecule has 0 amide bonds. The van der Waals surface area contributed by atoms with Crippen LogP contribution in [0.15, 0.2) is 46.4 Å². The molecule has 0 atom stereocenters. The molecule has 152 valence electrons. The van der Waals surface area contributed by atoms with E-state index in [-0.39, 0.29) is 29.3 Å². The molecule has 2 rings (SSSR count). The van der Waals surface area contributed by atoms with E-state index in [0.29, 0.717) is 10.5 Å². The fourth-order valence-corrected chi connectivity index (χ4v) is 2.93. The Balaban J connectivity index is 2.52. The van der Waals surface area contributed by atoms with Gasteiger partial charge in [-0.05, 0) is 61.6 Å². The zero-order valence-electron chi connectivity index (χ0n) is 15.6. The molecule has 0 spiro atoms. The van der Waals surface area contributed by atoms with Gasteiger partial charge < -0.3 is 16.3 Å². The number of benzene rings is 2. The van der Waals surface area contributed by atoms with Crippen LogP contribution in [0.3, 0.4) is 0 Å². The summed E-state index contributed by atoms with van der Waals surface area (Å²) in [6, 6.07) is 8.18. The lowest BCUT2D eigenvalue weighted by Gasteiger charge is -2.19. The molecular weight excluding hydrogens is 394 g/mol. The fraction of sp³-hybridized carbons (Fsp3) is 0.316.